The standard InChI is InChI=1S/C11H22N2O3/c1-5-12-10(14)8-13(6-2)7-9(3)11(15)16-4/h9H,5-8H2,1-4H3,(H,12,14). The number of rotatable bonds is 7. The van der Waals surface area contributed by atoms with E-state index in [9.17, 15) is 9.59 Å². The Kier molecular flexibility index (Phi) is 7.54. The maximum absolute atomic E-state index is 11.4. The van der Waals surface area contributed by atoms with E-state index in [1.165, 1.54) is 7.11 Å². The molecule has 0 aliphatic heterocycles. The number of nitrogens with zero attached hydrogens (tertiary/aromatic N) is 1. The monoisotopic (exact) mass is 230 g/mol. The molecule has 0 rings (SSSR count). The minimum absolute atomic E-state index is 0.0126. The maximum atomic E-state index is 11.4. The topological polar surface area (TPSA) is 58.6 Å². The van der Waals surface area contributed by atoms with E-state index in [1.54, 1.807) is 6.92 Å². The fourth-order valence-corrected chi connectivity index (χ4v) is 1.42. The number of methoxy groups -OCH3 is 1. The van der Waals surface area contributed by atoms with Crippen molar-refractivity contribution in [2.75, 3.05) is 33.3 Å². The van der Waals surface area contributed by atoms with Crippen LogP contribution in [-0.2, 0) is 14.3 Å². The van der Waals surface area contributed by atoms with Crippen molar-refractivity contribution in [3.05, 3.63) is 0 Å². The average Bonchev–Trinajstić information content (AvgIpc) is 2.27. The molecule has 0 radical (unpaired) electrons. The van der Waals surface area contributed by atoms with E-state index >= 15 is 0 Å². The van der Waals surface area contributed by atoms with Crippen molar-refractivity contribution < 1.29 is 14.3 Å². The lowest BCUT2D eigenvalue weighted by Crippen LogP contribution is -2.40. The Morgan fingerprint density at radius 1 is 1.38 bits per heavy atom. The smallest absolute Gasteiger partial charge is 0.309 e. The lowest BCUT2D eigenvalue weighted by molar-refractivity contribution is -0.145. The van der Waals surface area contributed by atoms with Gasteiger partial charge in [-0.15, -0.1) is 0 Å². The predicted molar refractivity (Wildman–Crippen MR) is 62.0 cm³/mol. The van der Waals surface area contributed by atoms with Gasteiger partial charge >= 0.3 is 5.97 Å². The molecule has 1 amide bonds. The van der Waals surface area contributed by atoms with Gasteiger partial charge in [-0.1, -0.05) is 13.8 Å². The summed E-state index contributed by atoms with van der Waals surface area (Å²) in [7, 11) is 1.37. The summed E-state index contributed by atoms with van der Waals surface area (Å²) in [5, 5.41) is 2.73. The molecular weight excluding hydrogens is 208 g/mol. The van der Waals surface area contributed by atoms with Crippen molar-refractivity contribution in [2.45, 2.75) is 20.8 Å². The third-order valence-corrected chi connectivity index (χ3v) is 2.32. The largest absolute Gasteiger partial charge is 0.469 e. The molecule has 0 fully saturated rings. The molecule has 0 heterocycles. The van der Waals surface area contributed by atoms with E-state index < -0.39 is 0 Å². The normalized spacial score (nSPS) is 12.3. The van der Waals surface area contributed by atoms with Gasteiger partial charge in [0.25, 0.3) is 0 Å². The lowest BCUT2D eigenvalue weighted by atomic mass is 10.1. The van der Waals surface area contributed by atoms with Crippen LogP contribution >= 0.6 is 0 Å². The van der Waals surface area contributed by atoms with Gasteiger partial charge in [0.15, 0.2) is 0 Å². The van der Waals surface area contributed by atoms with Crippen LogP contribution in [0.1, 0.15) is 20.8 Å². The number of ether oxygens (including phenoxy) is 1. The van der Waals surface area contributed by atoms with Crippen molar-refractivity contribution in [3.63, 3.8) is 0 Å². The molecule has 5 heteroatoms. The Morgan fingerprint density at radius 2 is 2.00 bits per heavy atom. The first-order valence-electron chi connectivity index (χ1n) is 5.61. The first-order valence-corrected chi connectivity index (χ1v) is 5.61. The molecule has 0 aromatic rings. The number of carbonyl (C=O) groups is 2. The SMILES string of the molecule is CCNC(=O)CN(CC)CC(C)C(=O)OC. The zero-order chi connectivity index (χ0) is 12.6. The summed E-state index contributed by atoms with van der Waals surface area (Å²) < 4.78 is 4.64. The minimum atomic E-state index is -0.241. The van der Waals surface area contributed by atoms with Crippen molar-refractivity contribution >= 4 is 11.9 Å². The second kappa shape index (κ2) is 8.10. The molecule has 0 bridgehead atoms. The molecule has 0 saturated heterocycles. The van der Waals surface area contributed by atoms with E-state index in [-0.39, 0.29) is 17.8 Å². The molecule has 1 atom stereocenters. The highest BCUT2D eigenvalue weighted by atomic mass is 16.5. The second-order valence-electron chi connectivity index (χ2n) is 3.71. The third kappa shape index (κ3) is 5.70. The van der Waals surface area contributed by atoms with Crippen LogP contribution in [0.2, 0.25) is 0 Å². The molecule has 1 unspecified atom stereocenters. The molecular formula is C11H22N2O3. The first-order chi connectivity index (χ1) is 7.54. The second-order valence-corrected chi connectivity index (χ2v) is 3.71. The van der Waals surface area contributed by atoms with Crippen LogP contribution in [0.5, 0.6) is 0 Å². The zero-order valence-electron chi connectivity index (χ0n) is 10.6. The quantitative estimate of drug-likeness (QED) is 0.637. The van der Waals surface area contributed by atoms with Crippen LogP contribution in [0, 0.1) is 5.92 Å². The highest BCUT2D eigenvalue weighted by Gasteiger charge is 2.18. The predicted octanol–water partition coefficient (Wildman–Crippen LogP) is 0.254. The fourth-order valence-electron chi connectivity index (χ4n) is 1.42. The maximum Gasteiger partial charge on any atom is 0.309 e. The zero-order valence-corrected chi connectivity index (χ0v) is 10.6. The summed E-state index contributed by atoms with van der Waals surface area (Å²) in [6.45, 7) is 7.87. The Balaban J connectivity index is 4.09. The molecule has 0 spiro atoms. The van der Waals surface area contributed by atoms with E-state index in [2.05, 4.69) is 10.1 Å². The van der Waals surface area contributed by atoms with Crippen molar-refractivity contribution in [2.24, 2.45) is 5.92 Å². The van der Waals surface area contributed by atoms with Crippen molar-refractivity contribution in [1.82, 2.24) is 10.2 Å². The summed E-state index contributed by atoms with van der Waals surface area (Å²) in [5.74, 6) is -0.463. The van der Waals surface area contributed by atoms with Gasteiger partial charge in [-0.2, -0.15) is 0 Å². The summed E-state index contributed by atoms with van der Waals surface area (Å²) in [6, 6.07) is 0. The molecule has 94 valence electrons. The molecule has 0 saturated carbocycles. The third-order valence-electron chi connectivity index (χ3n) is 2.32. The van der Waals surface area contributed by atoms with E-state index in [0.29, 0.717) is 19.6 Å². The van der Waals surface area contributed by atoms with Gasteiger partial charge in [0, 0.05) is 13.1 Å². The molecule has 1 N–H and O–H groups in total. The summed E-state index contributed by atoms with van der Waals surface area (Å²) >= 11 is 0. The van der Waals surface area contributed by atoms with Crippen LogP contribution < -0.4 is 5.32 Å². The molecule has 0 aromatic carbocycles. The minimum Gasteiger partial charge on any atom is -0.469 e. The average molecular weight is 230 g/mol. The Bertz CT molecular complexity index is 231. The van der Waals surface area contributed by atoms with Gasteiger partial charge in [-0.25, -0.2) is 0 Å². The van der Waals surface area contributed by atoms with Gasteiger partial charge < -0.3 is 10.1 Å². The molecule has 0 aliphatic rings. The molecule has 0 aromatic heterocycles. The lowest BCUT2D eigenvalue weighted by Gasteiger charge is -2.22. The first kappa shape index (κ1) is 14.9. The number of carbonyl (C=O) groups excluding carboxylic acids is 2. The number of amides is 1. The number of hydrogen-bond acceptors (Lipinski definition) is 4. The number of nitrogens with one attached hydrogen (secondary N) is 1. The van der Waals surface area contributed by atoms with Crippen LogP contribution in [0.15, 0.2) is 0 Å². The molecule has 5 nitrogen and oxygen atoms in total. The van der Waals surface area contributed by atoms with E-state index in [0.717, 1.165) is 6.54 Å². The van der Waals surface area contributed by atoms with Gasteiger partial charge in [-0.3, -0.25) is 14.5 Å². The summed E-state index contributed by atoms with van der Waals surface area (Å²) in [6.07, 6.45) is 0. The van der Waals surface area contributed by atoms with Gasteiger partial charge in [0.2, 0.25) is 5.91 Å². The van der Waals surface area contributed by atoms with Crippen LogP contribution in [0.4, 0.5) is 0 Å². The number of hydrogen-bond donors (Lipinski definition) is 1. The number of likely N-dealkylation sites (N-methyl/N-ethyl adjacent to an activating group) is 2. The van der Waals surface area contributed by atoms with Gasteiger partial charge in [-0.05, 0) is 13.5 Å². The van der Waals surface area contributed by atoms with E-state index in [4.69, 9.17) is 0 Å². The van der Waals surface area contributed by atoms with Crippen LogP contribution in [0.25, 0.3) is 0 Å². The van der Waals surface area contributed by atoms with Crippen LogP contribution in [0.3, 0.4) is 0 Å². The molecule has 0 aliphatic carbocycles. The Morgan fingerprint density at radius 3 is 2.44 bits per heavy atom. The Hall–Kier alpha value is -1.10. The summed E-state index contributed by atoms with van der Waals surface area (Å²) in [4.78, 5) is 24.5. The highest BCUT2D eigenvalue weighted by molar-refractivity contribution is 5.78. The van der Waals surface area contributed by atoms with Crippen molar-refractivity contribution in [1.29, 1.82) is 0 Å². The van der Waals surface area contributed by atoms with Crippen molar-refractivity contribution in [3.8, 4) is 0 Å². The Labute approximate surface area is 97.1 Å². The van der Waals surface area contributed by atoms with Gasteiger partial charge in [0.05, 0.1) is 19.6 Å². The van der Waals surface area contributed by atoms with E-state index in [1.807, 2.05) is 18.7 Å². The number of esters is 1. The summed E-state index contributed by atoms with van der Waals surface area (Å²) in [5.41, 5.74) is 0. The fraction of sp³-hybridized carbons (Fsp3) is 0.818. The van der Waals surface area contributed by atoms with Crippen LogP contribution in [-0.4, -0.2) is 50.1 Å². The highest BCUT2D eigenvalue weighted by Crippen LogP contribution is 2.01. The molecule has 16 heavy (non-hydrogen) atoms. The van der Waals surface area contributed by atoms with Gasteiger partial charge in [0.1, 0.15) is 0 Å².